The predicted octanol–water partition coefficient (Wildman–Crippen LogP) is 1.49. The molecule has 2 rings (SSSR count). The van der Waals surface area contributed by atoms with Gasteiger partial charge < -0.3 is 15.3 Å². The van der Waals surface area contributed by atoms with Crippen LogP contribution in [0.25, 0.3) is 0 Å². The molecule has 1 saturated heterocycles. The van der Waals surface area contributed by atoms with Gasteiger partial charge in [-0.25, -0.2) is 4.79 Å². The van der Waals surface area contributed by atoms with Crippen molar-refractivity contribution in [2.75, 3.05) is 6.54 Å². The molecule has 24 heavy (non-hydrogen) atoms. The Kier molecular flexibility index (Phi) is 5.15. The van der Waals surface area contributed by atoms with Crippen LogP contribution in [0.3, 0.4) is 0 Å². The average molecular weight is 346 g/mol. The average Bonchev–Trinajstić information content (AvgIpc) is 3.01. The highest BCUT2D eigenvalue weighted by molar-refractivity contribution is 5.92. The van der Waals surface area contributed by atoms with Crippen LogP contribution in [0.15, 0.2) is 0 Å². The Hall–Kier alpha value is -1.73. The Morgan fingerprint density at radius 3 is 2.38 bits per heavy atom. The number of hydrogen-bond donors (Lipinski definition) is 2. The van der Waals surface area contributed by atoms with E-state index < -0.39 is 41.7 Å². The van der Waals surface area contributed by atoms with Gasteiger partial charge in [-0.3, -0.25) is 9.59 Å². The number of halogens is 2. The van der Waals surface area contributed by atoms with Crippen LogP contribution in [0.4, 0.5) is 8.78 Å². The number of carboxylic acid groups (broad SMARTS) is 1. The Labute approximate surface area is 139 Å². The Balaban J connectivity index is 2.20. The molecule has 0 spiro atoms. The van der Waals surface area contributed by atoms with Crippen LogP contribution in [0.2, 0.25) is 0 Å². The van der Waals surface area contributed by atoms with Crippen LogP contribution in [0.5, 0.6) is 0 Å². The molecule has 0 aromatic rings. The van der Waals surface area contributed by atoms with Gasteiger partial charge in [0.15, 0.2) is 0 Å². The summed E-state index contributed by atoms with van der Waals surface area (Å²) in [7, 11) is 0. The smallest absolute Gasteiger partial charge is 0.326 e. The van der Waals surface area contributed by atoms with Gasteiger partial charge in [-0.1, -0.05) is 20.3 Å². The Bertz CT molecular complexity index is 533. The van der Waals surface area contributed by atoms with Crippen LogP contribution in [0, 0.1) is 17.8 Å². The van der Waals surface area contributed by atoms with Crippen molar-refractivity contribution in [3.63, 3.8) is 0 Å². The number of fused-ring (bicyclic) bond motifs is 1. The molecule has 0 aromatic heterocycles. The monoisotopic (exact) mass is 346 g/mol. The van der Waals surface area contributed by atoms with Gasteiger partial charge in [-0.2, -0.15) is 8.78 Å². The largest absolute Gasteiger partial charge is 0.480 e. The molecule has 0 bridgehead atoms. The third-order valence-electron chi connectivity index (χ3n) is 5.04. The van der Waals surface area contributed by atoms with E-state index in [0.29, 0.717) is 13.5 Å². The van der Waals surface area contributed by atoms with Crippen molar-refractivity contribution in [3.05, 3.63) is 0 Å². The van der Waals surface area contributed by atoms with Gasteiger partial charge in [0.2, 0.25) is 5.91 Å². The zero-order valence-corrected chi connectivity index (χ0v) is 14.1. The lowest BCUT2D eigenvalue weighted by molar-refractivity contribution is -0.153. The molecule has 4 atom stereocenters. The molecule has 2 amide bonds. The standard InChI is InChI=1S/C16H24F2N2O4/c1-8(2)11(19-15(24)16(3,17)18)13(21)20-7-9-5-4-6-10(9)12(20)14(22)23/h8-12H,4-7H2,1-3H3,(H,19,24)(H,22,23)/t9-,10-,11-,12-/m0/s1. The number of alkyl halides is 2. The summed E-state index contributed by atoms with van der Waals surface area (Å²) < 4.78 is 26.3. The first-order chi connectivity index (χ1) is 11.0. The summed E-state index contributed by atoms with van der Waals surface area (Å²) in [6.07, 6.45) is 2.55. The summed E-state index contributed by atoms with van der Waals surface area (Å²) in [5.41, 5.74) is 0. The second kappa shape index (κ2) is 6.64. The summed E-state index contributed by atoms with van der Waals surface area (Å²) in [5, 5.41) is 11.6. The molecule has 0 unspecified atom stereocenters. The number of nitrogens with zero attached hydrogens (tertiary/aromatic N) is 1. The molecule has 2 N–H and O–H groups in total. The number of aliphatic carboxylic acids is 1. The van der Waals surface area contributed by atoms with Gasteiger partial charge in [-0.15, -0.1) is 0 Å². The number of nitrogens with one attached hydrogen (secondary N) is 1. The molecule has 2 aliphatic rings. The van der Waals surface area contributed by atoms with Crippen molar-refractivity contribution >= 4 is 17.8 Å². The van der Waals surface area contributed by atoms with E-state index >= 15 is 0 Å². The molecule has 1 aliphatic carbocycles. The van der Waals surface area contributed by atoms with Crippen LogP contribution >= 0.6 is 0 Å². The van der Waals surface area contributed by atoms with Crippen LogP contribution in [-0.2, 0) is 14.4 Å². The van der Waals surface area contributed by atoms with Crippen LogP contribution < -0.4 is 5.32 Å². The number of rotatable bonds is 5. The van der Waals surface area contributed by atoms with Crippen molar-refractivity contribution in [1.82, 2.24) is 10.2 Å². The highest BCUT2D eigenvalue weighted by atomic mass is 19.3. The van der Waals surface area contributed by atoms with Gasteiger partial charge in [0.05, 0.1) is 0 Å². The third-order valence-corrected chi connectivity index (χ3v) is 5.04. The second-order valence-corrected chi connectivity index (χ2v) is 7.21. The molecule has 1 heterocycles. The Morgan fingerprint density at radius 2 is 1.88 bits per heavy atom. The number of likely N-dealkylation sites (tertiary alicyclic amines) is 1. The maximum Gasteiger partial charge on any atom is 0.326 e. The summed E-state index contributed by atoms with van der Waals surface area (Å²) in [6.45, 7) is 4.03. The van der Waals surface area contributed by atoms with Crippen molar-refractivity contribution in [2.45, 2.75) is 58.0 Å². The highest BCUT2D eigenvalue weighted by Gasteiger charge is 2.51. The minimum Gasteiger partial charge on any atom is -0.480 e. The molecule has 136 valence electrons. The maximum atomic E-state index is 13.1. The first-order valence-corrected chi connectivity index (χ1v) is 8.26. The van der Waals surface area contributed by atoms with Gasteiger partial charge >= 0.3 is 11.9 Å². The molecule has 1 saturated carbocycles. The van der Waals surface area contributed by atoms with Crippen molar-refractivity contribution in [2.24, 2.45) is 17.8 Å². The van der Waals surface area contributed by atoms with E-state index in [4.69, 9.17) is 0 Å². The summed E-state index contributed by atoms with van der Waals surface area (Å²) >= 11 is 0. The van der Waals surface area contributed by atoms with Crippen molar-refractivity contribution < 1.29 is 28.3 Å². The lowest BCUT2D eigenvalue weighted by Gasteiger charge is -2.31. The fraction of sp³-hybridized carbons (Fsp3) is 0.812. The van der Waals surface area contributed by atoms with Crippen LogP contribution in [-0.4, -0.2) is 52.3 Å². The molecule has 1 aliphatic heterocycles. The van der Waals surface area contributed by atoms with E-state index in [-0.39, 0.29) is 11.8 Å². The second-order valence-electron chi connectivity index (χ2n) is 7.21. The van der Waals surface area contributed by atoms with E-state index in [0.717, 1.165) is 19.3 Å². The molecule has 6 nitrogen and oxygen atoms in total. The number of amides is 2. The predicted molar refractivity (Wildman–Crippen MR) is 81.4 cm³/mol. The van der Waals surface area contributed by atoms with E-state index in [1.807, 2.05) is 0 Å². The first kappa shape index (κ1) is 18.6. The molecular formula is C16H24F2N2O4. The fourth-order valence-electron chi connectivity index (χ4n) is 3.81. The van der Waals surface area contributed by atoms with E-state index in [1.165, 1.54) is 4.90 Å². The fourth-order valence-corrected chi connectivity index (χ4v) is 3.81. The summed E-state index contributed by atoms with van der Waals surface area (Å²) in [4.78, 5) is 37.3. The van der Waals surface area contributed by atoms with Crippen molar-refractivity contribution in [1.29, 1.82) is 0 Å². The minimum atomic E-state index is -3.60. The number of carboxylic acids is 1. The molecular weight excluding hydrogens is 322 g/mol. The number of carbonyl (C=O) groups excluding carboxylic acids is 2. The molecule has 0 radical (unpaired) electrons. The van der Waals surface area contributed by atoms with Gasteiger partial charge in [0.25, 0.3) is 5.91 Å². The number of hydrogen-bond acceptors (Lipinski definition) is 3. The minimum absolute atomic E-state index is 0.0948. The SMILES string of the molecule is CC(C)[C@H](NC(=O)C(C)(F)F)C(=O)N1C[C@@H]2CCC[C@@H]2[C@H]1C(=O)O. The lowest BCUT2D eigenvalue weighted by atomic mass is 9.94. The first-order valence-electron chi connectivity index (χ1n) is 8.26. The lowest BCUT2D eigenvalue weighted by Crippen LogP contribution is -2.56. The van der Waals surface area contributed by atoms with Gasteiger partial charge in [0.1, 0.15) is 12.1 Å². The quantitative estimate of drug-likeness (QED) is 0.790. The highest BCUT2D eigenvalue weighted by Crippen LogP contribution is 2.42. The van der Waals surface area contributed by atoms with Crippen molar-refractivity contribution in [3.8, 4) is 0 Å². The van der Waals surface area contributed by atoms with Gasteiger partial charge in [-0.05, 0) is 30.6 Å². The van der Waals surface area contributed by atoms with E-state index in [9.17, 15) is 28.3 Å². The van der Waals surface area contributed by atoms with Crippen LogP contribution in [0.1, 0.15) is 40.0 Å². The van der Waals surface area contributed by atoms with Gasteiger partial charge in [0, 0.05) is 13.5 Å². The normalized spacial score (nSPS) is 27.9. The zero-order chi connectivity index (χ0) is 18.2. The maximum absolute atomic E-state index is 13.1. The molecule has 8 heteroatoms. The van der Waals surface area contributed by atoms with E-state index in [1.54, 1.807) is 13.8 Å². The van der Waals surface area contributed by atoms with E-state index in [2.05, 4.69) is 5.32 Å². The Morgan fingerprint density at radius 1 is 1.25 bits per heavy atom. The zero-order valence-electron chi connectivity index (χ0n) is 14.1. The summed E-state index contributed by atoms with van der Waals surface area (Å²) in [5.74, 6) is -7.19. The molecule has 2 fully saturated rings. The summed E-state index contributed by atoms with van der Waals surface area (Å²) in [6, 6.07) is -2.10. The topological polar surface area (TPSA) is 86.7 Å². The molecule has 0 aromatic carbocycles. The number of carbonyl (C=O) groups is 3. The third kappa shape index (κ3) is 3.52.